The summed E-state index contributed by atoms with van der Waals surface area (Å²) in [5, 5.41) is 0.924. The van der Waals surface area contributed by atoms with Gasteiger partial charge in [-0.25, -0.2) is 9.97 Å². The molecule has 0 aliphatic carbocycles. The number of methoxy groups -OCH3 is 2. The van der Waals surface area contributed by atoms with E-state index in [1.807, 2.05) is 26.0 Å². The van der Waals surface area contributed by atoms with Crippen LogP contribution < -0.4 is 14.4 Å². The lowest BCUT2D eigenvalue weighted by molar-refractivity contribution is 0.217. The minimum absolute atomic E-state index is 0.395. The van der Waals surface area contributed by atoms with Crippen molar-refractivity contribution in [3.63, 3.8) is 0 Å². The summed E-state index contributed by atoms with van der Waals surface area (Å²) in [6.45, 7) is 6.15. The van der Waals surface area contributed by atoms with Gasteiger partial charge in [-0.05, 0) is 32.3 Å². The molecule has 0 amide bonds. The number of aromatic nitrogens is 2. The molecule has 0 spiro atoms. The van der Waals surface area contributed by atoms with E-state index in [4.69, 9.17) is 18.5 Å². The van der Waals surface area contributed by atoms with Gasteiger partial charge < -0.3 is 23.4 Å². The zero-order valence-electron chi connectivity index (χ0n) is 16.9. The summed E-state index contributed by atoms with van der Waals surface area (Å²) in [7, 11) is 0.241. The Morgan fingerprint density at radius 2 is 1.71 bits per heavy atom. The molecule has 1 aromatic heterocycles. The maximum atomic E-state index is 12.6. The first kappa shape index (κ1) is 20.8. The summed E-state index contributed by atoms with van der Waals surface area (Å²) in [4.78, 5) is 11.0. The van der Waals surface area contributed by atoms with Crippen LogP contribution in [0.15, 0.2) is 18.5 Å². The summed E-state index contributed by atoms with van der Waals surface area (Å²) in [5.74, 6) is 2.60. The number of hydrogen-bond acceptors (Lipinski definition) is 8. The van der Waals surface area contributed by atoms with E-state index in [2.05, 4.69) is 14.9 Å². The van der Waals surface area contributed by atoms with Crippen LogP contribution in [0, 0.1) is 5.92 Å². The Morgan fingerprint density at radius 3 is 2.32 bits per heavy atom. The molecular weight excluding hydrogens is 381 g/mol. The van der Waals surface area contributed by atoms with E-state index in [1.165, 1.54) is 0 Å². The van der Waals surface area contributed by atoms with Gasteiger partial charge in [0, 0.05) is 24.5 Å². The number of rotatable bonds is 10. The average molecular weight is 409 g/mol. The van der Waals surface area contributed by atoms with Crippen LogP contribution in [0.3, 0.4) is 0 Å². The van der Waals surface area contributed by atoms with Crippen molar-refractivity contribution in [1.29, 1.82) is 0 Å². The molecule has 3 rings (SSSR count). The molecule has 2 heterocycles. The molecule has 0 N–H and O–H groups in total. The molecule has 8 nitrogen and oxygen atoms in total. The Labute approximate surface area is 165 Å². The highest BCUT2D eigenvalue weighted by molar-refractivity contribution is 7.53. The SMILES string of the molecule is CCOP(=O)(CCC1CN(c2ncnc3cc(OC)c(OC)cc23)C1)OCC. The minimum Gasteiger partial charge on any atom is -0.493 e. The molecule has 0 saturated carbocycles. The maximum Gasteiger partial charge on any atom is 0.330 e. The van der Waals surface area contributed by atoms with Gasteiger partial charge >= 0.3 is 7.60 Å². The van der Waals surface area contributed by atoms with Crippen LogP contribution in [0.5, 0.6) is 11.5 Å². The number of fused-ring (bicyclic) bond motifs is 1. The summed E-state index contributed by atoms with van der Waals surface area (Å²) >= 11 is 0. The molecule has 1 aliphatic rings. The first-order valence-electron chi connectivity index (χ1n) is 9.53. The summed E-state index contributed by atoms with van der Waals surface area (Å²) in [6, 6.07) is 3.77. The van der Waals surface area contributed by atoms with Crippen molar-refractivity contribution in [1.82, 2.24) is 9.97 Å². The second kappa shape index (κ2) is 9.07. The molecule has 28 heavy (non-hydrogen) atoms. The van der Waals surface area contributed by atoms with E-state index >= 15 is 0 Å². The van der Waals surface area contributed by atoms with Gasteiger partial charge in [0.15, 0.2) is 11.5 Å². The molecule has 0 radical (unpaired) electrons. The zero-order chi connectivity index (χ0) is 20.1. The number of ether oxygens (including phenoxy) is 2. The summed E-state index contributed by atoms with van der Waals surface area (Å²) in [6.07, 6.45) is 2.81. The Balaban J connectivity index is 1.68. The van der Waals surface area contributed by atoms with Crippen molar-refractivity contribution in [3.8, 4) is 11.5 Å². The monoisotopic (exact) mass is 409 g/mol. The summed E-state index contributed by atoms with van der Waals surface area (Å²) < 4.78 is 34.1. The normalized spacial score (nSPS) is 14.9. The van der Waals surface area contributed by atoms with Crippen molar-refractivity contribution in [3.05, 3.63) is 18.5 Å². The number of hydrogen-bond donors (Lipinski definition) is 0. The molecule has 9 heteroatoms. The number of nitrogens with zero attached hydrogens (tertiary/aromatic N) is 3. The van der Waals surface area contributed by atoms with Gasteiger partial charge in [-0.15, -0.1) is 0 Å². The largest absolute Gasteiger partial charge is 0.493 e. The van der Waals surface area contributed by atoms with Crippen LogP contribution >= 0.6 is 7.60 Å². The van der Waals surface area contributed by atoms with Gasteiger partial charge in [-0.2, -0.15) is 0 Å². The second-order valence-electron chi connectivity index (χ2n) is 6.65. The Kier molecular flexibility index (Phi) is 6.75. The van der Waals surface area contributed by atoms with Crippen LogP contribution in [-0.2, 0) is 13.6 Å². The lowest BCUT2D eigenvalue weighted by atomic mass is 9.97. The quantitative estimate of drug-likeness (QED) is 0.549. The maximum absolute atomic E-state index is 12.6. The molecule has 0 atom stereocenters. The molecular formula is C19H28N3O5P. The van der Waals surface area contributed by atoms with E-state index in [-0.39, 0.29) is 0 Å². The van der Waals surface area contributed by atoms with Crippen molar-refractivity contribution >= 4 is 24.3 Å². The fraction of sp³-hybridized carbons (Fsp3) is 0.579. The predicted molar refractivity (Wildman–Crippen MR) is 109 cm³/mol. The fourth-order valence-electron chi connectivity index (χ4n) is 3.45. The third-order valence-electron chi connectivity index (χ3n) is 4.84. The summed E-state index contributed by atoms with van der Waals surface area (Å²) in [5.41, 5.74) is 0.809. The number of benzene rings is 1. The zero-order valence-corrected chi connectivity index (χ0v) is 17.8. The van der Waals surface area contributed by atoms with E-state index in [0.717, 1.165) is 36.2 Å². The number of anilines is 1. The van der Waals surface area contributed by atoms with Crippen LogP contribution in [-0.4, -0.2) is 56.7 Å². The Morgan fingerprint density at radius 1 is 1.07 bits per heavy atom. The van der Waals surface area contributed by atoms with Gasteiger partial charge in [-0.1, -0.05) is 0 Å². The van der Waals surface area contributed by atoms with Crippen molar-refractivity contribution in [2.45, 2.75) is 20.3 Å². The van der Waals surface area contributed by atoms with E-state index in [0.29, 0.717) is 36.8 Å². The van der Waals surface area contributed by atoms with Gasteiger partial charge in [-0.3, -0.25) is 4.57 Å². The fourth-order valence-corrected chi connectivity index (χ4v) is 5.25. The smallest absolute Gasteiger partial charge is 0.330 e. The first-order valence-corrected chi connectivity index (χ1v) is 11.3. The first-order chi connectivity index (χ1) is 13.5. The van der Waals surface area contributed by atoms with Crippen molar-refractivity contribution in [2.24, 2.45) is 5.92 Å². The lowest BCUT2D eigenvalue weighted by Gasteiger charge is -2.41. The molecule has 1 aromatic carbocycles. The molecule has 1 saturated heterocycles. The van der Waals surface area contributed by atoms with Crippen LogP contribution in [0.1, 0.15) is 20.3 Å². The predicted octanol–water partition coefficient (Wildman–Crippen LogP) is 3.74. The highest BCUT2D eigenvalue weighted by atomic mass is 31.2. The van der Waals surface area contributed by atoms with Crippen LogP contribution in [0.4, 0.5) is 5.82 Å². The van der Waals surface area contributed by atoms with Crippen LogP contribution in [0.25, 0.3) is 10.9 Å². The Bertz CT molecular complexity index is 847. The lowest BCUT2D eigenvalue weighted by Crippen LogP contribution is -2.47. The molecule has 1 aliphatic heterocycles. The third-order valence-corrected chi connectivity index (χ3v) is 6.95. The minimum atomic E-state index is -2.98. The van der Waals surface area contributed by atoms with E-state index < -0.39 is 7.60 Å². The molecule has 0 unspecified atom stereocenters. The van der Waals surface area contributed by atoms with E-state index in [9.17, 15) is 4.57 Å². The average Bonchev–Trinajstić information content (AvgIpc) is 2.66. The second-order valence-corrected chi connectivity index (χ2v) is 8.84. The standard InChI is InChI=1S/C19H28N3O5P/c1-5-26-28(23,27-6-2)8-7-14-11-22(12-14)19-15-9-17(24-3)18(25-4)10-16(15)20-13-21-19/h9-10,13-14H,5-8,11-12H2,1-4H3. The molecule has 0 bridgehead atoms. The Hall–Kier alpha value is -1.89. The van der Waals surface area contributed by atoms with Crippen LogP contribution in [0.2, 0.25) is 0 Å². The molecule has 154 valence electrons. The molecule has 2 aromatic rings. The van der Waals surface area contributed by atoms with E-state index in [1.54, 1.807) is 20.5 Å². The highest BCUT2D eigenvalue weighted by Crippen LogP contribution is 2.49. The van der Waals surface area contributed by atoms with Crippen molar-refractivity contribution in [2.75, 3.05) is 51.6 Å². The topological polar surface area (TPSA) is 83.0 Å². The highest BCUT2D eigenvalue weighted by Gasteiger charge is 2.32. The third kappa shape index (κ3) is 4.40. The molecule has 1 fully saturated rings. The van der Waals surface area contributed by atoms with Gasteiger partial charge in [0.05, 0.1) is 39.1 Å². The van der Waals surface area contributed by atoms with Gasteiger partial charge in [0.2, 0.25) is 0 Å². The van der Waals surface area contributed by atoms with Gasteiger partial charge in [0.25, 0.3) is 0 Å². The van der Waals surface area contributed by atoms with Gasteiger partial charge in [0.1, 0.15) is 12.1 Å². The van der Waals surface area contributed by atoms with Crippen molar-refractivity contribution < 1.29 is 23.1 Å².